The predicted molar refractivity (Wildman–Crippen MR) is 78.0 cm³/mol. The van der Waals surface area contributed by atoms with E-state index in [1.807, 2.05) is 4.90 Å². The van der Waals surface area contributed by atoms with E-state index in [1.165, 1.54) is 6.07 Å². The highest BCUT2D eigenvalue weighted by molar-refractivity contribution is 5.79. The summed E-state index contributed by atoms with van der Waals surface area (Å²) in [5.74, 6) is -0.266. The van der Waals surface area contributed by atoms with Crippen molar-refractivity contribution in [2.24, 2.45) is 0 Å². The molecular weight excluding hydrogens is 255 g/mol. The molecule has 1 amide bonds. The van der Waals surface area contributed by atoms with Crippen LogP contribution < -0.4 is 5.32 Å². The third-order valence-electron chi connectivity index (χ3n) is 4.08. The zero-order valence-electron chi connectivity index (χ0n) is 12.2. The number of rotatable bonds is 4. The zero-order chi connectivity index (χ0) is 14.5. The van der Waals surface area contributed by atoms with E-state index >= 15 is 0 Å². The first kappa shape index (κ1) is 15.0. The van der Waals surface area contributed by atoms with Gasteiger partial charge in [0.25, 0.3) is 0 Å². The normalized spacial score (nSPS) is 22.9. The summed E-state index contributed by atoms with van der Waals surface area (Å²) < 4.78 is 13.7. The minimum atomic E-state index is -0.295. The van der Waals surface area contributed by atoms with Gasteiger partial charge in [0.15, 0.2) is 0 Å². The predicted octanol–water partition coefficient (Wildman–Crippen LogP) is 2.36. The lowest BCUT2D eigenvalue weighted by Gasteiger charge is -2.40. The number of hydrogen-bond donors (Lipinski definition) is 1. The Morgan fingerprint density at radius 3 is 2.75 bits per heavy atom. The zero-order valence-corrected chi connectivity index (χ0v) is 12.2. The molecule has 0 saturated carbocycles. The van der Waals surface area contributed by atoms with Crippen LogP contribution in [-0.2, 0) is 11.2 Å². The highest BCUT2D eigenvalue weighted by Gasteiger charge is 2.29. The minimum absolute atomic E-state index is 0.0295. The Morgan fingerprint density at radius 1 is 1.35 bits per heavy atom. The molecule has 0 radical (unpaired) electrons. The Labute approximate surface area is 120 Å². The molecule has 1 saturated heterocycles. The number of carbonyl (C=O) groups is 1. The van der Waals surface area contributed by atoms with Gasteiger partial charge >= 0.3 is 0 Å². The second-order valence-electron chi connectivity index (χ2n) is 5.39. The molecule has 110 valence electrons. The highest BCUT2D eigenvalue weighted by Crippen LogP contribution is 2.15. The van der Waals surface area contributed by atoms with Crippen LogP contribution in [0.3, 0.4) is 0 Å². The molecule has 1 aromatic carbocycles. The summed E-state index contributed by atoms with van der Waals surface area (Å²) in [5, 5.41) is 3.46. The van der Waals surface area contributed by atoms with Crippen LogP contribution in [0.1, 0.15) is 32.3 Å². The number of amides is 1. The molecule has 0 bridgehead atoms. The fourth-order valence-electron chi connectivity index (χ4n) is 2.71. The van der Waals surface area contributed by atoms with Crippen molar-refractivity contribution < 1.29 is 9.18 Å². The van der Waals surface area contributed by atoms with Gasteiger partial charge in [0.2, 0.25) is 5.91 Å². The number of hydrogen-bond acceptors (Lipinski definition) is 2. The second kappa shape index (κ2) is 6.84. The van der Waals surface area contributed by atoms with Crippen LogP contribution >= 0.6 is 0 Å². The van der Waals surface area contributed by atoms with Gasteiger partial charge in [-0.1, -0.05) is 32.0 Å². The fraction of sp³-hybridized carbons (Fsp3) is 0.562. The summed E-state index contributed by atoms with van der Waals surface area (Å²) >= 11 is 0. The van der Waals surface area contributed by atoms with Crippen molar-refractivity contribution in [3.63, 3.8) is 0 Å². The van der Waals surface area contributed by atoms with E-state index in [4.69, 9.17) is 0 Å². The SMILES string of the molecule is CCC1CN(C(=O)Cc2ccccc2F)C(CC)CN1. The molecular formula is C16H23FN2O. The molecule has 1 fully saturated rings. The van der Waals surface area contributed by atoms with Crippen molar-refractivity contribution in [2.45, 2.75) is 45.2 Å². The molecule has 0 aromatic heterocycles. The van der Waals surface area contributed by atoms with E-state index in [1.54, 1.807) is 18.2 Å². The van der Waals surface area contributed by atoms with Crippen molar-refractivity contribution in [1.82, 2.24) is 10.2 Å². The molecule has 0 spiro atoms. The van der Waals surface area contributed by atoms with Gasteiger partial charge < -0.3 is 10.2 Å². The van der Waals surface area contributed by atoms with Crippen molar-refractivity contribution in [3.8, 4) is 0 Å². The van der Waals surface area contributed by atoms with Gasteiger partial charge in [-0.15, -0.1) is 0 Å². The molecule has 1 aliphatic rings. The summed E-state index contributed by atoms with van der Waals surface area (Å²) in [7, 11) is 0. The van der Waals surface area contributed by atoms with Gasteiger partial charge in [-0.2, -0.15) is 0 Å². The number of nitrogens with zero attached hydrogens (tertiary/aromatic N) is 1. The van der Waals surface area contributed by atoms with Crippen molar-refractivity contribution in [3.05, 3.63) is 35.6 Å². The van der Waals surface area contributed by atoms with Crippen LogP contribution in [0.15, 0.2) is 24.3 Å². The maximum absolute atomic E-state index is 13.7. The second-order valence-corrected chi connectivity index (χ2v) is 5.39. The van der Waals surface area contributed by atoms with Gasteiger partial charge in [-0.3, -0.25) is 4.79 Å². The van der Waals surface area contributed by atoms with Crippen LogP contribution in [0, 0.1) is 5.82 Å². The monoisotopic (exact) mass is 278 g/mol. The Bertz CT molecular complexity index is 464. The quantitative estimate of drug-likeness (QED) is 0.917. The summed E-state index contributed by atoms with van der Waals surface area (Å²) in [6, 6.07) is 7.09. The molecule has 2 unspecified atom stereocenters. The van der Waals surface area contributed by atoms with E-state index < -0.39 is 0 Å². The number of carbonyl (C=O) groups excluding carboxylic acids is 1. The molecule has 1 heterocycles. The Morgan fingerprint density at radius 2 is 2.10 bits per heavy atom. The van der Waals surface area contributed by atoms with E-state index in [9.17, 15) is 9.18 Å². The number of nitrogens with one attached hydrogen (secondary N) is 1. The van der Waals surface area contributed by atoms with E-state index in [0.717, 1.165) is 25.9 Å². The van der Waals surface area contributed by atoms with Gasteiger partial charge in [-0.25, -0.2) is 4.39 Å². The lowest BCUT2D eigenvalue weighted by Crippen LogP contribution is -2.58. The van der Waals surface area contributed by atoms with Crippen LogP contribution in [-0.4, -0.2) is 36.0 Å². The standard InChI is InChI=1S/C16H23FN2O/c1-3-13-11-19(14(4-2)10-18-13)16(20)9-12-7-5-6-8-15(12)17/h5-8,13-14,18H,3-4,9-11H2,1-2H3. The third kappa shape index (κ3) is 3.37. The lowest BCUT2D eigenvalue weighted by atomic mass is 10.0. The fourth-order valence-corrected chi connectivity index (χ4v) is 2.71. The van der Waals surface area contributed by atoms with Gasteiger partial charge in [0, 0.05) is 25.2 Å². The summed E-state index contributed by atoms with van der Waals surface area (Å²) in [6.45, 7) is 5.76. The van der Waals surface area contributed by atoms with Crippen molar-refractivity contribution in [2.75, 3.05) is 13.1 Å². The number of benzene rings is 1. The molecule has 3 nitrogen and oxygen atoms in total. The molecule has 0 aliphatic carbocycles. The Balaban J connectivity index is 2.07. The maximum atomic E-state index is 13.7. The van der Waals surface area contributed by atoms with Crippen LogP contribution in [0.2, 0.25) is 0 Å². The van der Waals surface area contributed by atoms with Crippen LogP contribution in [0.5, 0.6) is 0 Å². The average Bonchev–Trinajstić information content (AvgIpc) is 2.48. The summed E-state index contributed by atoms with van der Waals surface area (Å²) in [6.07, 6.45) is 2.08. The first-order chi connectivity index (χ1) is 9.65. The number of piperazine rings is 1. The largest absolute Gasteiger partial charge is 0.337 e. The molecule has 2 rings (SSSR count). The smallest absolute Gasteiger partial charge is 0.227 e. The van der Waals surface area contributed by atoms with E-state index in [-0.39, 0.29) is 24.2 Å². The third-order valence-corrected chi connectivity index (χ3v) is 4.08. The molecule has 1 aromatic rings. The topological polar surface area (TPSA) is 32.3 Å². The highest BCUT2D eigenvalue weighted by atomic mass is 19.1. The van der Waals surface area contributed by atoms with Crippen molar-refractivity contribution in [1.29, 1.82) is 0 Å². The number of halogens is 1. The molecule has 1 N–H and O–H groups in total. The van der Waals surface area contributed by atoms with Gasteiger partial charge in [0.05, 0.1) is 6.42 Å². The average molecular weight is 278 g/mol. The molecule has 4 heteroatoms. The van der Waals surface area contributed by atoms with E-state index in [0.29, 0.717) is 11.6 Å². The lowest BCUT2D eigenvalue weighted by molar-refractivity contribution is -0.134. The molecule has 2 atom stereocenters. The summed E-state index contributed by atoms with van der Waals surface area (Å²) in [4.78, 5) is 14.4. The van der Waals surface area contributed by atoms with Crippen LogP contribution in [0.25, 0.3) is 0 Å². The minimum Gasteiger partial charge on any atom is -0.337 e. The Kier molecular flexibility index (Phi) is 5.12. The Hall–Kier alpha value is -1.42. The summed E-state index contributed by atoms with van der Waals surface area (Å²) in [5.41, 5.74) is 0.485. The maximum Gasteiger partial charge on any atom is 0.227 e. The van der Waals surface area contributed by atoms with E-state index in [2.05, 4.69) is 19.2 Å². The van der Waals surface area contributed by atoms with Crippen LogP contribution in [0.4, 0.5) is 4.39 Å². The van der Waals surface area contributed by atoms with Crippen molar-refractivity contribution >= 4 is 5.91 Å². The molecule has 20 heavy (non-hydrogen) atoms. The first-order valence-electron chi connectivity index (χ1n) is 7.42. The first-order valence-corrected chi connectivity index (χ1v) is 7.42. The van der Waals surface area contributed by atoms with Gasteiger partial charge in [-0.05, 0) is 24.5 Å². The molecule has 1 aliphatic heterocycles. The van der Waals surface area contributed by atoms with Gasteiger partial charge in [0.1, 0.15) is 5.82 Å².